The van der Waals surface area contributed by atoms with E-state index in [0.717, 1.165) is 10.8 Å². The van der Waals surface area contributed by atoms with Gasteiger partial charge in [-0.3, -0.25) is 4.79 Å². The Morgan fingerprint density at radius 1 is 1.47 bits per heavy atom. The first kappa shape index (κ1) is 15.9. The molecule has 0 saturated heterocycles. The van der Waals surface area contributed by atoms with Crippen molar-refractivity contribution in [2.45, 2.75) is 19.4 Å². The summed E-state index contributed by atoms with van der Waals surface area (Å²) in [7, 11) is 1.30. The second-order valence-corrected chi connectivity index (χ2v) is 5.74. The van der Waals surface area contributed by atoms with Crippen molar-refractivity contribution in [1.82, 2.24) is 10.6 Å². The third-order valence-electron chi connectivity index (χ3n) is 2.39. The minimum atomic E-state index is -0.658. The van der Waals surface area contributed by atoms with Crippen molar-refractivity contribution in [3.05, 3.63) is 21.3 Å². The van der Waals surface area contributed by atoms with Gasteiger partial charge >= 0.3 is 5.97 Å². The van der Waals surface area contributed by atoms with Crippen LogP contribution in [0.1, 0.15) is 11.8 Å². The second kappa shape index (κ2) is 8.14. The molecule has 0 saturated carbocycles. The van der Waals surface area contributed by atoms with E-state index in [1.54, 1.807) is 0 Å². The fourth-order valence-electron chi connectivity index (χ4n) is 1.53. The fraction of sp³-hybridized carbons (Fsp3) is 0.500. The van der Waals surface area contributed by atoms with Crippen LogP contribution in [-0.4, -0.2) is 38.1 Å². The molecule has 1 atom stereocenters. The summed E-state index contributed by atoms with van der Waals surface area (Å²) >= 11 is 7.36. The van der Waals surface area contributed by atoms with Crippen LogP contribution >= 0.6 is 22.9 Å². The highest BCUT2D eigenvalue weighted by atomic mass is 35.5. The number of carbonyl (C=O) groups excluding carboxylic acids is 2. The molecule has 7 heteroatoms. The molecule has 1 amide bonds. The molecule has 1 aromatic rings. The van der Waals surface area contributed by atoms with E-state index in [2.05, 4.69) is 15.4 Å². The number of nitrogens with one attached hydrogen (secondary N) is 2. The quantitative estimate of drug-likeness (QED) is 0.587. The molecular weight excluding hydrogens is 288 g/mol. The van der Waals surface area contributed by atoms with Crippen molar-refractivity contribution in [3.8, 4) is 0 Å². The van der Waals surface area contributed by atoms with Gasteiger partial charge in [0.1, 0.15) is 6.04 Å². The van der Waals surface area contributed by atoms with Crippen molar-refractivity contribution in [1.29, 1.82) is 0 Å². The molecule has 1 rings (SSSR count). The van der Waals surface area contributed by atoms with E-state index in [4.69, 9.17) is 11.6 Å². The Morgan fingerprint density at radius 3 is 2.74 bits per heavy atom. The SMILES string of the molecule is COC(=O)C(CNCCc1ccc(Cl)s1)NC(C)=O. The van der Waals surface area contributed by atoms with E-state index < -0.39 is 12.0 Å². The zero-order valence-electron chi connectivity index (χ0n) is 10.9. The van der Waals surface area contributed by atoms with E-state index in [1.807, 2.05) is 12.1 Å². The molecule has 1 heterocycles. The van der Waals surface area contributed by atoms with Crippen LogP contribution in [-0.2, 0) is 20.7 Å². The monoisotopic (exact) mass is 304 g/mol. The van der Waals surface area contributed by atoms with Gasteiger partial charge in [0.25, 0.3) is 0 Å². The van der Waals surface area contributed by atoms with Crippen LogP contribution in [0.15, 0.2) is 12.1 Å². The lowest BCUT2D eigenvalue weighted by Crippen LogP contribution is -2.47. The van der Waals surface area contributed by atoms with E-state index >= 15 is 0 Å². The number of hydrogen-bond acceptors (Lipinski definition) is 5. The number of hydrogen-bond donors (Lipinski definition) is 2. The maximum absolute atomic E-state index is 11.4. The maximum Gasteiger partial charge on any atom is 0.329 e. The van der Waals surface area contributed by atoms with Crippen molar-refractivity contribution in [3.63, 3.8) is 0 Å². The van der Waals surface area contributed by atoms with Crippen molar-refractivity contribution >= 4 is 34.8 Å². The molecule has 0 aromatic carbocycles. The molecule has 0 fully saturated rings. The zero-order valence-corrected chi connectivity index (χ0v) is 12.4. The zero-order chi connectivity index (χ0) is 14.3. The summed E-state index contributed by atoms with van der Waals surface area (Å²) in [5.41, 5.74) is 0. The van der Waals surface area contributed by atoms with Crippen LogP contribution < -0.4 is 10.6 Å². The van der Waals surface area contributed by atoms with Crippen LogP contribution in [0.2, 0.25) is 4.34 Å². The molecule has 0 spiro atoms. The molecule has 0 aliphatic heterocycles. The average Bonchev–Trinajstić information content (AvgIpc) is 2.77. The largest absolute Gasteiger partial charge is 0.467 e. The number of carbonyl (C=O) groups is 2. The van der Waals surface area contributed by atoms with Crippen LogP contribution in [0.4, 0.5) is 0 Å². The summed E-state index contributed by atoms with van der Waals surface area (Å²) < 4.78 is 5.39. The molecule has 0 bridgehead atoms. The lowest BCUT2D eigenvalue weighted by molar-refractivity contribution is -0.144. The first-order valence-electron chi connectivity index (χ1n) is 5.82. The van der Waals surface area contributed by atoms with Gasteiger partial charge in [0, 0.05) is 24.9 Å². The predicted molar refractivity (Wildman–Crippen MR) is 75.5 cm³/mol. The normalized spacial score (nSPS) is 11.9. The Morgan fingerprint density at radius 2 is 2.21 bits per heavy atom. The summed E-state index contributed by atoms with van der Waals surface area (Å²) in [4.78, 5) is 23.6. The molecule has 0 aliphatic carbocycles. The second-order valence-electron chi connectivity index (χ2n) is 3.94. The topological polar surface area (TPSA) is 67.4 Å². The number of rotatable bonds is 7. The number of ether oxygens (including phenoxy) is 1. The minimum Gasteiger partial charge on any atom is -0.467 e. The van der Waals surface area contributed by atoms with Gasteiger partial charge in [-0.2, -0.15) is 0 Å². The van der Waals surface area contributed by atoms with E-state index in [9.17, 15) is 9.59 Å². The lowest BCUT2D eigenvalue weighted by Gasteiger charge is -2.15. The van der Waals surface area contributed by atoms with Crippen LogP contribution in [0, 0.1) is 0 Å². The molecule has 106 valence electrons. The molecule has 0 aliphatic rings. The molecule has 1 aromatic heterocycles. The first-order valence-corrected chi connectivity index (χ1v) is 7.02. The first-order chi connectivity index (χ1) is 9.02. The number of esters is 1. The van der Waals surface area contributed by atoms with Crippen molar-refractivity contribution in [2.75, 3.05) is 20.2 Å². The predicted octanol–water partition coefficient (Wildman–Crippen LogP) is 1.21. The number of methoxy groups -OCH3 is 1. The number of amides is 1. The maximum atomic E-state index is 11.4. The van der Waals surface area contributed by atoms with Gasteiger partial charge in [-0.15, -0.1) is 11.3 Å². The van der Waals surface area contributed by atoms with Gasteiger partial charge in [-0.1, -0.05) is 11.6 Å². The Labute approximate surface area is 121 Å². The van der Waals surface area contributed by atoms with Crippen molar-refractivity contribution < 1.29 is 14.3 Å². The van der Waals surface area contributed by atoms with Crippen molar-refractivity contribution in [2.24, 2.45) is 0 Å². The third kappa shape index (κ3) is 6.04. The van der Waals surface area contributed by atoms with Gasteiger partial charge in [-0.05, 0) is 18.6 Å². The van der Waals surface area contributed by atoms with Gasteiger partial charge < -0.3 is 15.4 Å². The van der Waals surface area contributed by atoms with E-state index in [0.29, 0.717) is 13.1 Å². The lowest BCUT2D eigenvalue weighted by atomic mass is 10.2. The fourth-order valence-corrected chi connectivity index (χ4v) is 2.61. The highest BCUT2D eigenvalue weighted by Gasteiger charge is 2.19. The summed E-state index contributed by atoms with van der Waals surface area (Å²) in [6.45, 7) is 2.40. The van der Waals surface area contributed by atoms with Gasteiger partial charge in [0.2, 0.25) is 5.91 Å². The molecular formula is C12H17ClN2O3S. The standard InChI is InChI=1S/C12H17ClN2O3S/c1-8(16)15-10(12(17)18-2)7-14-6-5-9-3-4-11(13)19-9/h3-4,10,14H,5-7H2,1-2H3,(H,15,16). The molecule has 5 nitrogen and oxygen atoms in total. The summed E-state index contributed by atoms with van der Waals surface area (Å²) in [6, 6.07) is 3.17. The highest BCUT2D eigenvalue weighted by Crippen LogP contribution is 2.21. The van der Waals surface area contributed by atoms with Crippen LogP contribution in [0.3, 0.4) is 0 Å². The molecule has 2 N–H and O–H groups in total. The van der Waals surface area contributed by atoms with Crippen LogP contribution in [0.25, 0.3) is 0 Å². The third-order valence-corrected chi connectivity index (χ3v) is 3.68. The Kier molecular flexibility index (Phi) is 6.83. The smallest absolute Gasteiger partial charge is 0.329 e. The van der Waals surface area contributed by atoms with Gasteiger partial charge in [0.05, 0.1) is 11.4 Å². The number of thiophene rings is 1. The van der Waals surface area contributed by atoms with Gasteiger partial charge in [0.15, 0.2) is 0 Å². The highest BCUT2D eigenvalue weighted by molar-refractivity contribution is 7.16. The average molecular weight is 305 g/mol. The summed E-state index contributed by atoms with van der Waals surface area (Å²) in [6.07, 6.45) is 0.825. The Hall–Kier alpha value is -1.11. The molecule has 0 radical (unpaired) electrons. The molecule has 19 heavy (non-hydrogen) atoms. The Bertz CT molecular complexity index is 436. The number of halogens is 1. The van der Waals surface area contributed by atoms with E-state index in [-0.39, 0.29) is 5.91 Å². The summed E-state index contributed by atoms with van der Waals surface area (Å²) in [5, 5.41) is 5.65. The summed E-state index contributed by atoms with van der Waals surface area (Å²) in [5.74, 6) is -0.718. The molecule has 1 unspecified atom stereocenters. The minimum absolute atomic E-state index is 0.262. The Balaban J connectivity index is 2.31. The van der Waals surface area contributed by atoms with Gasteiger partial charge in [-0.25, -0.2) is 4.79 Å². The van der Waals surface area contributed by atoms with Crippen LogP contribution in [0.5, 0.6) is 0 Å². The van der Waals surface area contributed by atoms with E-state index in [1.165, 1.54) is 30.2 Å².